The van der Waals surface area contributed by atoms with E-state index in [2.05, 4.69) is 10.0 Å². The van der Waals surface area contributed by atoms with Crippen molar-refractivity contribution in [2.24, 2.45) is 5.11 Å². The maximum absolute atomic E-state index is 11.3. The van der Waals surface area contributed by atoms with E-state index in [1.54, 1.807) is 0 Å². The number of imide groups is 1. The highest BCUT2D eigenvalue weighted by Crippen LogP contribution is 2.17. The molecule has 1 rings (SSSR count). The van der Waals surface area contributed by atoms with E-state index in [-0.39, 0.29) is 25.8 Å². The summed E-state index contributed by atoms with van der Waals surface area (Å²) in [6.45, 7) is -0.0650. The first-order valence-electron chi connectivity index (χ1n) is 4.66. The van der Waals surface area contributed by atoms with Crippen molar-refractivity contribution in [1.29, 1.82) is 0 Å². The van der Waals surface area contributed by atoms with E-state index < -0.39 is 23.8 Å². The molecule has 0 aliphatic carbocycles. The number of amides is 2. The van der Waals surface area contributed by atoms with Gasteiger partial charge >= 0.3 is 5.97 Å². The van der Waals surface area contributed by atoms with E-state index in [1.807, 2.05) is 0 Å². The minimum atomic E-state index is -1.27. The van der Waals surface area contributed by atoms with Crippen molar-refractivity contribution in [3.8, 4) is 0 Å². The molecule has 0 bridgehead atoms. The van der Waals surface area contributed by atoms with E-state index in [0.29, 0.717) is 0 Å². The monoisotopic (exact) mass is 226 g/mol. The number of carbonyl (C=O) groups excluding carboxylic acids is 2. The van der Waals surface area contributed by atoms with Crippen LogP contribution in [0.25, 0.3) is 10.4 Å². The van der Waals surface area contributed by atoms with Gasteiger partial charge in [-0.25, -0.2) is 4.79 Å². The number of hydrogen-bond donors (Lipinski definition) is 1. The lowest BCUT2D eigenvalue weighted by Gasteiger charge is -2.21. The summed E-state index contributed by atoms with van der Waals surface area (Å²) in [5.74, 6) is -2.24. The van der Waals surface area contributed by atoms with Crippen LogP contribution in [0.4, 0.5) is 0 Å². The molecule has 86 valence electrons. The average molecular weight is 226 g/mol. The highest BCUT2D eigenvalue weighted by molar-refractivity contribution is 6.04. The molecule has 1 N–H and O–H groups in total. The fraction of sp³-hybridized carbons (Fsp3) is 0.625. The van der Waals surface area contributed by atoms with Crippen LogP contribution < -0.4 is 0 Å². The maximum atomic E-state index is 11.3. The molecule has 8 nitrogen and oxygen atoms in total. The van der Waals surface area contributed by atoms with Gasteiger partial charge in [0.25, 0.3) is 0 Å². The van der Waals surface area contributed by atoms with Crippen LogP contribution in [0.3, 0.4) is 0 Å². The van der Waals surface area contributed by atoms with E-state index >= 15 is 0 Å². The molecule has 8 heteroatoms. The predicted octanol–water partition coefficient (Wildman–Crippen LogP) is 0.289. The Labute approximate surface area is 90.5 Å². The maximum Gasteiger partial charge on any atom is 0.326 e. The first-order chi connectivity index (χ1) is 7.57. The van der Waals surface area contributed by atoms with E-state index in [4.69, 9.17) is 10.6 Å². The number of hydrogen-bond acceptors (Lipinski definition) is 4. The third kappa shape index (κ3) is 2.48. The molecule has 1 unspecified atom stereocenters. The molecule has 0 saturated carbocycles. The Kier molecular flexibility index (Phi) is 3.84. The number of aliphatic carboxylic acids is 1. The second-order valence-corrected chi connectivity index (χ2v) is 3.25. The highest BCUT2D eigenvalue weighted by atomic mass is 16.4. The fourth-order valence-corrected chi connectivity index (χ4v) is 1.53. The molecule has 2 amide bonds. The van der Waals surface area contributed by atoms with Gasteiger partial charge in [0.1, 0.15) is 6.04 Å². The van der Waals surface area contributed by atoms with E-state index in [0.717, 1.165) is 4.90 Å². The Hall–Kier alpha value is -2.08. The average Bonchev–Trinajstić information content (AvgIpc) is 2.54. The van der Waals surface area contributed by atoms with Crippen molar-refractivity contribution in [2.45, 2.75) is 25.3 Å². The third-order valence-corrected chi connectivity index (χ3v) is 2.25. The second-order valence-electron chi connectivity index (χ2n) is 3.25. The number of carboxylic acid groups (broad SMARTS) is 1. The van der Waals surface area contributed by atoms with Gasteiger partial charge < -0.3 is 5.11 Å². The van der Waals surface area contributed by atoms with Crippen LogP contribution >= 0.6 is 0 Å². The quantitative estimate of drug-likeness (QED) is 0.313. The molecule has 0 aromatic carbocycles. The van der Waals surface area contributed by atoms with Gasteiger partial charge in [-0.05, 0) is 12.0 Å². The number of likely N-dealkylation sites (tertiary alicyclic amines) is 1. The summed E-state index contributed by atoms with van der Waals surface area (Å²) in [5, 5.41) is 12.1. The molecule has 1 aliphatic heterocycles. The van der Waals surface area contributed by atoms with Crippen LogP contribution in [0, 0.1) is 0 Å². The summed E-state index contributed by atoms with van der Waals surface area (Å²) in [7, 11) is 0. The molecule has 1 atom stereocenters. The Morgan fingerprint density at radius 2 is 2.06 bits per heavy atom. The molecule has 1 heterocycles. The minimum Gasteiger partial charge on any atom is -0.480 e. The van der Waals surface area contributed by atoms with Gasteiger partial charge in [0.05, 0.1) is 0 Å². The Balaban J connectivity index is 2.76. The first kappa shape index (κ1) is 12.0. The van der Waals surface area contributed by atoms with Crippen molar-refractivity contribution in [1.82, 2.24) is 4.90 Å². The normalized spacial score (nSPS) is 17.1. The largest absolute Gasteiger partial charge is 0.480 e. The van der Waals surface area contributed by atoms with Crippen LogP contribution in [0.15, 0.2) is 5.11 Å². The van der Waals surface area contributed by atoms with Crippen molar-refractivity contribution < 1.29 is 19.5 Å². The zero-order chi connectivity index (χ0) is 12.1. The minimum absolute atomic E-state index is 0.0458. The van der Waals surface area contributed by atoms with Gasteiger partial charge in [0.2, 0.25) is 11.8 Å². The van der Waals surface area contributed by atoms with Crippen molar-refractivity contribution in [3.05, 3.63) is 10.4 Å². The summed E-state index contributed by atoms with van der Waals surface area (Å²) < 4.78 is 0. The molecule has 0 spiro atoms. The van der Waals surface area contributed by atoms with Crippen molar-refractivity contribution >= 4 is 17.8 Å². The molecule has 16 heavy (non-hydrogen) atoms. The lowest BCUT2D eigenvalue weighted by atomic mass is 10.2. The first-order valence-corrected chi connectivity index (χ1v) is 4.66. The zero-order valence-corrected chi connectivity index (χ0v) is 8.37. The summed E-state index contributed by atoms with van der Waals surface area (Å²) in [6, 6.07) is -1.23. The van der Waals surface area contributed by atoms with Gasteiger partial charge in [-0.1, -0.05) is 5.11 Å². The van der Waals surface area contributed by atoms with Crippen LogP contribution in [0.5, 0.6) is 0 Å². The molecule has 0 aromatic heterocycles. The van der Waals surface area contributed by atoms with Gasteiger partial charge in [-0.3, -0.25) is 14.5 Å². The standard InChI is InChI=1S/C8H10N4O4/c9-11-10-4-3-5(8(15)16)12-6(13)1-2-7(12)14/h5H,1-4H2,(H,15,16). The molecule has 0 radical (unpaired) electrons. The predicted molar refractivity (Wildman–Crippen MR) is 51.1 cm³/mol. The molecule has 0 aromatic rings. The summed E-state index contributed by atoms with van der Waals surface area (Å²) in [4.78, 5) is 36.7. The zero-order valence-electron chi connectivity index (χ0n) is 8.37. The van der Waals surface area contributed by atoms with Crippen molar-refractivity contribution in [3.63, 3.8) is 0 Å². The number of azide groups is 1. The summed E-state index contributed by atoms with van der Waals surface area (Å²) >= 11 is 0. The Morgan fingerprint density at radius 1 is 1.50 bits per heavy atom. The molecular weight excluding hydrogens is 216 g/mol. The molecule has 1 aliphatic rings. The van der Waals surface area contributed by atoms with Crippen LogP contribution in [0.2, 0.25) is 0 Å². The Bertz CT molecular complexity index is 358. The fourth-order valence-electron chi connectivity index (χ4n) is 1.53. The van der Waals surface area contributed by atoms with E-state index in [1.165, 1.54) is 0 Å². The molecule has 1 saturated heterocycles. The number of nitrogens with zero attached hydrogens (tertiary/aromatic N) is 4. The SMILES string of the molecule is [N-]=[N+]=NCCC(C(=O)O)N1C(=O)CCC1=O. The van der Waals surface area contributed by atoms with Gasteiger partial charge in [0, 0.05) is 24.3 Å². The van der Waals surface area contributed by atoms with Crippen LogP contribution in [-0.2, 0) is 14.4 Å². The number of carbonyl (C=O) groups is 3. The van der Waals surface area contributed by atoms with E-state index in [9.17, 15) is 14.4 Å². The summed E-state index contributed by atoms with van der Waals surface area (Å²) in [6.07, 6.45) is 0.0329. The lowest BCUT2D eigenvalue weighted by molar-refractivity contribution is -0.154. The van der Waals surface area contributed by atoms with Crippen LogP contribution in [0.1, 0.15) is 19.3 Å². The molecular formula is C8H10N4O4. The smallest absolute Gasteiger partial charge is 0.326 e. The van der Waals surface area contributed by atoms with Gasteiger partial charge in [-0.2, -0.15) is 0 Å². The number of rotatable bonds is 5. The second kappa shape index (κ2) is 5.13. The number of carboxylic acids is 1. The lowest BCUT2D eigenvalue weighted by Crippen LogP contribution is -2.44. The van der Waals surface area contributed by atoms with Gasteiger partial charge in [0.15, 0.2) is 0 Å². The Morgan fingerprint density at radius 3 is 2.50 bits per heavy atom. The summed E-state index contributed by atoms with van der Waals surface area (Å²) in [5.41, 5.74) is 8.05. The van der Waals surface area contributed by atoms with Gasteiger partial charge in [-0.15, -0.1) is 0 Å². The van der Waals surface area contributed by atoms with Crippen molar-refractivity contribution in [2.75, 3.05) is 6.54 Å². The topological polar surface area (TPSA) is 123 Å². The third-order valence-electron chi connectivity index (χ3n) is 2.25. The highest BCUT2D eigenvalue weighted by Gasteiger charge is 2.38. The molecule has 1 fully saturated rings. The van der Waals surface area contributed by atoms with Crippen LogP contribution in [-0.4, -0.2) is 40.4 Å².